The monoisotopic (exact) mass is 245 g/mol. The largest absolute Gasteiger partial charge is 0.271 e. The number of hydrogen-bond donors (Lipinski definition) is 0. The molecule has 2 aliphatic rings. The van der Waals surface area contributed by atoms with Crippen LogP contribution >= 0.6 is 0 Å². The molecule has 0 saturated heterocycles. The number of benzene rings is 1. The van der Waals surface area contributed by atoms with Crippen molar-refractivity contribution >= 4 is 11.8 Å². The second-order valence-electron chi connectivity index (χ2n) is 4.61. The zero-order valence-corrected chi connectivity index (χ0v) is 9.73. The Balaban J connectivity index is 1.95. The molecule has 1 aromatic rings. The van der Waals surface area contributed by atoms with E-state index >= 15 is 0 Å². The Morgan fingerprint density at radius 3 is 2.28 bits per heavy atom. The topological polar surface area (TPSA) is 37.4 Å². The Hall–Kier alpha value is -1.97. The molecule has 1 atom stereocenters. The third kappa shape index (κ3) is 1.56. The van der Waals surface area contributed by atoms with Gasteiger partial charge in [0.25, 0.3) is 11.8 Å². The fraction of sp³-hybridized carbons (Fsp3) is 0.286. The molecule has 4 heteroatoms. The summed E-state index contributed by atoms with van der Waals surface area (Å²) in [5, 5.41) is 0. The van der Waals surface area contributed by atoms with Crippen molar-refractivity contribution in [1.82, 2.24) is 4.90 Å². The molecule has 2 amide bonds. The van der Waals surface area contributed by atoms with Crippen LogP contribution in [-0.2, 0) is 0 Å². The predicted octanol–water partition coefficient (Wildman–Crippen LogP) is 2.69. The van der Waals surface area contributed by atoms with E-state index in [1.54, 1.807) is 24.3 Å². The molecule has 1 unspecified atom stereocenters. The molecule has 18 heavy (non-hydrogen) atoms. The highest BCUT2D eigenvalue weighted by Gasteiger charge is 2.40. The van der Waals surface area contributed by atoms with Crippen LogP contribution in [0.2, 0.25) is 0 Å². The second-order valence-corrected chi connectivity index (χ2v) is 4.61. The van der Waals surface area contributed by atoms with Crippen LogP contribution < -0.4 is 0 Å². The number of carbonyl (C=O) groups is 2. The fourth-order valence-electron chi connectivity index (χ4n) is 2.60. The van der Waals surface area contributed by atoms with Crippen LogP contribution in [0.4, 0.5) is 4.39 Å². The average molecular weight is 245 g/mol. The summed E-state index contributed by atoms with van der Waals surface area (Å²) in [6, 6.07) is 6.40. The Morgan fingerprint density at radius 2 is 1.72 bits per heavy atom. The van der Waals surface area contributed by atoms with Gasteiger partial charge in [-0.25, -0.2) is 4.39 Å². The van der Waals surface area contributed by atoms with Gasteiger partial charge in [-0.2, -0.15) is 0 Å². The van der Waals surface area contributed by atoms with Crippen LogP contribution in [0.15, 0.2) is 36.2 Å². The van der Waals surface area contributed by atoms with E-state index in [1.807, 2.05) is 0 Å². The molecule has 0 fully saturated rings. The molecular formula is C14H12FNO2. The lowest BCUT2D eigenvalue weighted by Crippen LogP contribution is -2.40. The summed E-state index contributed by atoms with van der Waals surface area (Å²) in [6.45, 7) is 0. The molecule has 0 saturated carbocycles. The number of imide groups is 1. The van der Waals surface area contributed by atoms with Crippen LogP contribution in [0.1, 0.15) is 40.0 Å². The van der Waals surface area contributed by atoms with Crippen molar-refractivity contribution in [2.24, 2.45) is 0 Å². The van der Waals surface area contributed by atoms with Crippen LogP contribution in [0.25, 0.3) is 0 Å². The van der Waals surface area contributed by atoms with Gasteiger partial charge in [0.15, 0.2) is 0 Å². The van der Waals surface area contributed by atoms with E-state index in [0.29, 0.717) is 24.0 Å². The van der Waals surface area contributed by atoms with Crippen LogP contribution in [-0.4, -0.2) is 22.8 Å². The van der Waals surface area contributed by atoms with Crippen LogP contribution in [0.5, 0.6) is 0 Å². The lowest BCUT2D eigenvalue weighted by atomic mass is 9.99. The van der Waals surface area contributed by atoms with Crippen molar-refractivity contribution in [3.8, 4) is 0 Å². The first kappa shape index (κ1) is 11.1. The zero-order chi connectivity index (χ0) is 12.7. The summed E-state index contributed by atoms with van der Waals surface area (Å²) in [4.78, 5) is 25.6. The third-order valence-corrected chi connectivity index (χ3v) is 3.49. The van der Waals surface area contributed by atoms with E-state index in [9.17, 15) is 14.0 Å². The van der Waals surface area contributed by atoms with E-state index in [2.05, 4.69) is 0 Å². The molecule has 1 aliphatic heterocycles. The molecule has 0 radical (unpaired) electrons. The quantitative estimate of drug-likeness (QED) is 0.713. The van der Waals surface area contributed by atoms with Gasteiger partial charge in [-0.3, -0.25) is 14.5 Å². The van der Waals surface area contributed by atoms with Gasteiger partial charge < -0.3 is 0 Å². The second kappa shape index (κ2) is 4.05. The van der Waals surface area contributed by atoms with E-state index in [0.717, 1.165) is 0 Å². The van der Waals surface area contributed by atoms with E-state index in [4.69, 9.17) is 0 Å². The van der Waals surface area contributed by atoms with Gasteiger partial charge >= 0.3 is 0 Å². The number of allylic oxidation sites excluding steroid dienone is 1. The number of hydrogen-bond acceptors (Lipinski definition) is 2. The number of fused-ring (bicyclic) bond motifs is 1. The van der Waals surface area contributed by atoms with Crippen LogP contribution in [0, 0.1) is 0 Å². The predicted molar refractivity (Wildman–Crippen MR) is 63.8 cm³/mol. The smallest absolute Gasteiger partial charge is 0.261 e. The molecule has 3 rings (SSSR count). The summed E-state index contributed by atoms with van der Waals surface area (Å²) in [7, 11) is 0. The van der Waals surface area contributed by atoms with Crippen molar-refractivity contribution in [1.29, 1.82) is 0 Å². The number of nitrogens with zero attached hydrogens (tertiary/aromatic N) is 1. The molecule has 0 aromatic heterocycles. The Bertz CT molecular complexity index is 530. The third-order valence-electron chi connectivity index (χ3n) is 3.49. The van der Waals surface area contributed by atoms with Gasteiger partial charge in [0.05, 0.1) is 17.0 Å². The molecule has 0 bridgehead atoms. The maximum absolute atomic E-state index is 13.3. The highest BCUT2D eigenvalue weighted by Crippen LogP contribution is 2.31. The molecule has 0 spiro atoms. The first-order valence-corrected chi connectivity index (χ1v) is 6.00. The normalized spacial score (nSPS) is 23.1. The van der Waals surface area contributed by atoms with Crippen molar-refractivity contribution in [3.05, 3.63) is 47.3 Å². The van der Waals surface area contributed by atoms with Gasteiger partial charge in [-0.15, -0.1) is 0 Å². The van der Waals surface area contributed by atoms with Crippen molar-refractivity contribution in [2.75, 3.05) is 0 Å². The van der Waals surface area contributed by atoms with E-state index in [1.165, 1.54) is 11.0 Å². The molecule has 1 aromatic carbocycles. The van der Waals surface area contributed by atoms with Gasteiger partial charge in [0, 0.05) is 12.5 Å². The van der Waals surface area contributed by atoms with Crippen molar-refractivity contribution in [3.63, 3.8) is 0 Å². The maximum atomic E-state index is 13.3. The van der Waals surface area contributed by atoms with Gasteiger partial charge in [0.1, 0.15) is 0 Å². The van der Waals surface area contributed by atoms with E-state index in [-0.39, 0.29) is 30.1 Å². The fourth-order valence-corrected chi connectivity index (χ4v) is 2.60. The molecular weight excluding hydrogens is 233 g/mol. The summed E-state index contributed by atoms with van der Waals surface area (Å²) < 4.78 is 13.3. The summed E-state index contributed by atoms with van der Waals surface area (Å²) in [5.74, 6) is -0.826. The summed E-state index contributed by atoms with van der Waals surface area (Å²) >= 11 is 0. The first-order chi connectivity index (χ1) is 8.68. The van der Waals surface area contributed by atoms with Gasteiger partial charge in [-0.05, 0) is 25.0 Å². The summed E-state index contributed by atoms with van der Waals surface area (Å²) in [6.07, 6.45) is 2.88. The molecule has 0 N–H and O–H groups in total. The maximum Gasteiger partial charge on any atom is 0.261 e. The standard InChI is InChI=1S/C14H12FNO2/c15-9-4-3-5-10(8-9)16-13(17)11-6-1-2-7-12(11)14(16)18/h1-2,4,6-7,10H,3,5,8H2. The number of halogens is 1. The Kier molecular flexibility index (Phi) is 2.51. The lowest BCUT2D eigenvalue weighted by Gasteiger charge is -2.27. The van der Waals surface area contributed by atoms with Crippen molar-refractivity contribution < 1.29 is 14.0 Å². The first-order valence-electron chi connectivity index (χ1n) is 6.00. The Labute approximate surface area is 104 Å². The minimum absolute atomic E-state index is 0.144. The number of carbonyl (C=O) groups excluding carboxylic acids is 2. The number of rotatable bonds is 1. The zero-order valence-electron chi connectivity index (χ0n) is 9.73. The molecule has 92 valence electrons. The molecule has 1 aliphatic carbocycles. The highest BCUT2D eigenvalue weighted by atomic mass is 19.1. The summed E-state index contributed by atoms with van der Waals surface area (Å²) in [5.41, 5.74) is 0.856. The SMILES string of the molecule is O=C1c2ccccc2C(=O)N1C1CCC=C(F)C1. The molecule has 3 nitrogen and oxygen atoms in total. The lowest BCUT2D eigenvalue weighted by molar-refractivity contribution is 0.0567. The highest BCUT2D eigenvalue weighted by molar-refractivity contribution is 6.21. The average Bonchev–Trinajstić information content (AvgIpc) is 2.63. The van der Waals surface area contributed by atoms with Crippen molar-refractivity contribution in [2.45, 2.75) is 25.3 Å². The van der Waals surface area contributed by atoms with Crippen LogP contribution in [0.3, 0.4) is 0 Å². The van der Waals surface area contributed by atoms with Gasteiger partial charge in [0.2, 0.25) is 0 Å². The number of amides is 2. The minimum atomic E-state index is -0.345. The van der Waals surface area contributed by atoms with E-state index < -0.39 is 0 Å². The minimum Gasteiger partial charge on any atom is -0.271 e. The molecule has 1 heterocycles. The van der Waals surface area contributed by atoms with Gasteiger partial charge in [-0.1, -0.05) is 18.2 Å². The Morgan fingerprint density at radius 1 is 1.11 bits per heavy atom.